The first-order chi connectivity index (χ1) is 14.4. The van der Waals surface area contributed by atoms with E-state index in [1.165, 1.54) is 11.8 Å². The fraction of sp³-hybridized carbons (Fsp3) is 0.524. The Morgan fingerprint density at radius 2 is 1.93 bits per heavy atom. The van der Waals surface area contributed by atoms with Crippen molar-refractivity contribution in [2.24, 2.45) is 0 Å². The monoisotopic (exact) mass is 431 g/mol. The molecule has 1 fully saturated rings. The molecule has 30 heavy (non-hydrogen) atoms. The van der Waals surface area contributed by atoms with E-state index >= 15 is 0 Å². The predicted molar refractivity (Wildman–Crippen MR) is 114 cm³/mol. The van der Waals surface area contributed by atoms with E-state index in [-0.39, 0.29) is 34.1 Å². The van der Waals surface area contributed by atoms with E-state index in [2.05, 4.69) is 10.4 Å². The number of hydrogen-bond donors (Lipinski definition) is 2. The molecule has 2 N–H and O–H groups in total. The summed E-state index contributed by atoms with van der Waals surface area (Å²) >= 11 is 1.45. The molecule has 1 aromatic heterocycles. The van der Waals surface area contributed by atoms with Crippen LogP contribution in [-0.4, -0.2) is 46.9 Å². The van der Waals surface area contributed by atoms with E-state index in [0.29, 0.717) is 42.7 Å². The molecule has 160 valence electrons. The first-order valence-electron chi connectivity index (χ1n) is 10.2. The lowest BCUT2D eigenvalue weighted by atomic mass is 9.94. The van der Waals surface area contributed by atoms with Crippen LogP contribution in [-0.2, 0) is 9.53 Å². The summed E-state index contributed by atoms with van der Waals surface area (Å²) in [6.45, 7) is 5.73. The van der Waals surface area contributed by atoms with Gasteiger partial charge in [-0.25, -0.2) is 0 Å². The fourth-order valence-corrected chi connectivity index (χ4v) is 5.54. The number of hydrogen-bond acceptors (Lipinski definition) is 6. The molecular weight excluding hydrogens is 406 g/mol. The number of fused-ring (bicyclic) bond motifs is 2. The van der Waals surface area contributed by atoms with Crippen molar-refractivity contribution in [1.29, 1.82) is 0 Å². The summed E-state index contributed by atoms with van der Waals surface area (Å²) in [5.41, 5.74) is 1.03. The lowest BCUT2D eigenvalue weighted by Gasteiger charge is -2.36. The summed E-state index contributed by atoms with van der Waals surface area (Å²) in [6.07, 6.45) is 1.53. The van der Waals surface area contributed by atoms with Gasteiger partial charge in [0.1, 0.15) is 19.0 Å². The molecule has 1 saturated heterocycles. The zero-order valence-corrected chi connectivity index (χ0v) is 17.8. The van der Waals surface area contributed by atoms with E-state index in [0.717, 1.165) is 18.4 Å². The quantitative estimate of drug-likeness (QED) is 0.759. The number of ether oxygens (including phenoxy) is 3. The van der Waals surface area contributed by atoms with Crippen LogP contribution in [0.2, 0.25) is 0 Å². The van der Waals surface area contributed by atoms with E-state index in [9.17, 15) is 9.59 Å². The number of amides is 1. The van der Waals surface area contributed by atoms with Crippen molar-refractivity contribution in [3.05, 3.63) is 39.7 Å². The summed E-state index contributed by atoms with van der Waals surface area (Å²) < 4.78 is 19.0. The number of H-pyrrole nitrogens is 1. The van der Waals surface area contributed by atoms with Gasteiger partial charge in [0, 0.05) is 6.61 Å². The van der Waals surface area contributed by atoms with Crippen LogP contribution in [0.25, 0.3) is 0 Å². The molecule has 1 amide bonds. The maximum atomic E-state index is 13.1. The minimum absolute atomic E-state index is 0.0505. The summed E-state index contributed by atoms with van der Waals surface area (Å²) in [6, 6.07) is 5.78. The van der Waals surface area contributed by atoms with Gasteiger partial charge >= 0.3 is 0 Å². The Morgan fingerprint density at radius 1 is 1.13 bits per heavy atom. The molecule has 1 aromatic carbocycles. The largest absolute Gasteiger partial charge is 0.486 e. The number of carbonyl (C=O) groups is 1. The highest BCUT2D eigenvalue weighted by molar-refractivity contribution is 8.00. The van der Waals surface area contributed by atoms with Gasteiger partial charge in [0.05, 0.1) is 28.2 Å². The van der Waals surface area contributed by atoms with E-state index in [1.54, 1.807) is 0 Å². The summed E-state index contributed by atoms with van der Waals surface area (Å²) in [7, 11) is 0. The Morgan fingerprint density at radius 3 is 2.73 bits per heavy atom. The maximum absolute atomic E-state index is 13.1. The van der Waals surface area contributed by atoms with Crippen LogP contribution in [0.15, 0.2) is 23.0 Å². The molecule has 3 aliphatic rings. The van der Waals surface area contributed by atoms with Gasteiger partial charge in [-0.15, -0.1) is 11.8 Å². The highest BCUT2D eigenvalue weighted by atomic mass is 32.2. The number of rotatable bonds is 2. The van der Waals surface area contributed by atoms with Crippen LogP contribution in [0.5, 0.6) is 11.5 Å². The number of thioether (sulfide) groups is 1. The van der Waals surface area contributed by atoms with Gasteiger partial charge in [-0.1, -0.05) is 6.07 Å². The Hall–Kier alpha value is -2.39. The number of aromatic nitrogens is 2. The normalized spacial score (nSPS) is 25.2. The first kappa shape index (κ1) is 19.6. The fourth-order valence-electron chi connectivity index (χ4n) is 4.42. The Bertz CT molecular complexity index is 1040. The van der Waals surface area contributed by atoms with Crippen molar-refractivity contribution in [3.8, 4) is 11.5 Å². The van der Waals surface area contributed by atoms with Gasteiger partial charge in [0.2, 0.25) is 5.91 Å². The molecule has 3 aliphatic heterocycles. The molecular formula is C21H25N3O5S. The number of anilines is 1. The minimum Gasteiger partial charge on any atom is -0.486 e. The van der Waals surface area contributed by atoms with E-state index < -0.39 is 0 Å². The van der Waals surface area contributed by atoms with E-state index in [1.807, 2.05) is 36.7 Å². The smallest absolute Gasteiger partial charge is 0.270 e. The van der Waals surface area contributed by atoms with Crippen LogP contribution in [0.1, 0.15) is 49.1 Å². The lowest BCUT2D eigenvalue weighted by molar-refractivity contribution is -0.113. The highest BCUT2D eigenvalue weighted by Gasteiger charge is 2.36. The molecule has 2 aromatic rings. The van der Waals surface area contributed by atoms with Crippen molar-refractivity contribution in [1.82, 2.24) is 9.78 Å². The number of carbonyl (C=O) groups excluding carboxylic acids is 1. The molecule has 5 rings (SSSR count). The van der Waals surface area contributed by atoms with Crippen molar-refractivity contribution in [2.45, 2.75) is 43.6 Å². The average molecular weight is 432 g/mol. The third-order valence-corrected chi connectivity index (χ3v) is 7.04. The standard InChI is InChI=1S/C21H25N3O5S/c1-21(2)10-13(5-6-29-21)24-19-17(20(26)23-24)18(30-11-16(25)22-19)12-3-4-14-15(9-12)28-8-7-27-14/h3-4,9,13,18H,5-8,10-11H2,1-2H3,(H,22,25)(H,23,26)/t13-,18+/m1/s1. The second-order valence-corrected chi connectivity index (χ2v) is 9.56. The van der Waals surface area contributed by atoms with Crippen molar-refractivity contribution >= 4 is 23.5 Å². The Labute approximate surface area is 178 Å². The first-order valence-corrected chi connectivity index (χ1v) is 11.3. The molecule has 4 heterocycles. The van der Waals surface area contributed by atoms with Gasteiger partial charge in [0.15, 0.2) is 11.5 Å². The zero-order valence-electron chi connectivity index (χ0n) is 17.0. The van der Waals surface area contributed by atoms with Gasteiger partial charge < -0.3 is 19.5 Å². The number of nitrogens with one attached hydrogen (secondary N) is 2. The molecule has 0 radical (unpaired) electrons. The van der Waals surface area contributed by atoms with Gasteiger partial charge in [-0.2, -0.15) is 0 Å². The second-order valence-electron chi connectivity index (χ2n) is 8.47. The zero-order chi connectivity index (χ0) is 20.9. The Kier molecular flexibility index (Phi) is 4.82. The second kappa shape index (κ2) is 7.39. The number of nitrogens with zero attached hydrogens (tertiary/aromatic N) is 1. The van der Waals surface area contributed by atoms with Gasteiger partial charge in [0.25, 0.3) is 5.56 Å². The molecule has 0 aliphatic carbocycles. The van der Waals surface area contributed by atoms with Crippen LogP contribution < -0.4 is 20.3 Å². The van der Waals surface area contributed by atoms with Crippen LogP contribution in [0.4, 0.5) is 5.82 Å². The SMILES string of the molecule is CC1(C)C[C@H](n2[nH]c(=O)c3c2NC(=O)CS[C@H]3c2ccc3c(c2)OCCO3)CCO1. The van der Waals surface area contributed by atoms with Crippen LogP contribution >= 0.6 is 11.8 Å². The Balaban J connectivity index is 1.58. The van der Waals surface area contributed by atoms with Crippen molar-refractivity contribution < 1.29 is 19.0 Å². The third-order valence-electron chi connectivity index (χ3n) is 5.77. The van der Waals surface area contributed by atoms with Crippen LogP contribution in [0.3, 0.4) is 0 Å². The molecule has 2 atom stereocenters. The molecule has 0 spiro atoms. The third kappa shape index (κ3) is 3.50. The van der Waals surface area contributed by atoms with Gasteiger partial charge in [-0.05, 0) is 44.4 Å². The number of aromatic amines is 1. The van der Waals surface area contributed by atoms with Crippen molar-refractivity contribution in [2.75, 3.05) is 30.9 Å². The predicted octanol–water partition coefficient (Wildman–Crippen LogP) is 2.85. The molecule has 0 saturated carbocycles. The molecule has 8 nitrogen and oxygen atoms in total. The topological polar surface area (TPSA) is 94.6 Å². The summed E-state index contributed by atoms with van der Waals surface area (Å²) in [4.78, 5) is 25.6. The minimum atomic E-state index is -0.285. The molecule has 0 unspecified atom stereocenters. The molecule has 9 heteroatoms. The van der Waals surface area contributed by atoms with E-state index in [4.69, 9.17) is 14.2 Å². The van der Waals surface area contributed by atoms with Crippen molar-refractivity contribution in [3.63, 3.8) is 0 Å². The summed E-state index contributed by atoms with van der Waals surface area (Å²) in [5, 5.41) is 5.68. The van der Waals surface area contributed by atoms with Crippen LogP contribution in [0, 0.1) is 0 Å². The average Bonchev–Trinajstić information content (AvgIpc) is 2.92. The molecule has 0 bridgehead atoms. The lowest BCUT2D eigenvalue weighted by Crippen LogP contribution is -2.36. The summed E-state index contributed by atoms with van der Waals surface area (Å²) in [5.74, 6) is 2.10. The maximum Gasteiger partial charge on any atom is 0.270 e. The number of benzene rings is 1. The highest BCUT2D eigenvalue weighted by Crippen LogP contribution is 2.44. The van der Waals surface area contributed by atoms with Gasteiger partial charge in [-0.3, -0.25) is 19.4 Å².